The molecule has 1 amide bonds. The van der Waals surface area contributed by atoms with Gasteiger partial charge in [-0.1, -0.05) is 12.1 Å². The first-order valence-corrected chi connectivity index (χ1v) is 10.9. The number of aliphatic carboxylic acids is 1. The molecule has 12 nitrogen and oxygen atoms in total. The Kier molecular flexibility index (Phi) is 9.07. The summed E-state index contributed by atoms with van der Waals surface area (Å²) in [5.74, 6) is -2.60. The minimum absolute atomic E-state index is 0.198. The Hall–Kier alpha value is -3.97. The third kappa shape index (κ3) is 8.23. The lowest BCUT2D eigenvalue weighted by Gasteiger charge is -2.23. The first kappa shape index (κ1) is 27.1. The van der Waals surface area contributed by atoms with E-state index >= 15 is 0 Å². The second kappa shape index (κ2) is 11.1. The van der Waals surface area contributed by atoms with E-state index < -0.39 is 33.4 Å². The van der Waals surface area contributed by atoms with Gasteiger partial charge in [0.2, 0.25) is 5.91 Å². The van der Waals surface area contributed by atoms with E-state index in [2.05, 4.69) is 10.6 Å². The van der Waals surface area contributed by atoms with Gasteiger partial charge in [-0.3, -0.25) is 19.6 Å². The average molecular weight is 480 g/mol. The topological polar surface area (TPSA) is 209 Å². The number of nitrogens with two attached hydrogens (primary N) is 1. The molecule has 2 aromatic rings. The Labute approximate surface area is 190 Å². The van der Waals surface area contributed by atoms with Gasteiger partial charge in [0, 0.05) is 12.7 Å². The number of rotatable bonds is 6. The van der Waals surface area contributed by atoms with Gasteiger partial charge in [0.05, 0.1) is 11.8 Å². The fourth-order valence-electron chi connectivity index (χ4n) is 2.47. The molecule has 1 atom stereocenters. The molecule has 0 bridgehead atoms. The Morgan fingerprint density at radius 1 is 1.06 bits per heavy atom. The molecule has 0 aliphatic rings. The molecule has 7 N–H and O–H groups in total. The van der Waals surface area contributed by atoms with Crippen molar-refractivity contribution in [2.75, 3.05) is 18.6 Å². The third-order valence-electron chi connectivity index (χ3n) is 4.15. The molecule has 0 radical (unpaired) electrons. The standard InChI is InChI=1S/C19H20N4O5.CH4O3S/c1-19(17(26)27,16(25)22-2)12-5-9-14(10-6-12)28-15(24)11-3-7-13(8-4-11)23-18(20)21;1-5(2,3)4/h3-10H,1-2H3,(H,22,25)(H,26,27)(H4,20,21,23);1H3,(H,2,3,4). The molecule has 0 spiro atoms. The summed E-state index contributed by atoms with van der Waals surface area (Å²) in [5, 5.41) is 21.5. The number of ether oxygens (including phenoxy) is 1. The van der Waals surface area contributed by atoms with E-state index in [1.165, 1.54) is 50.4 Å². The van der Waals surface area contributed by atoms with Crippen molar-refractivity contribution in [2.45, 2.75) is 12.3 Å². The van der Waals surface area contributed by atoms with Crippen LogP contribution in [0.1, 0.15) is 22.8 Å². The van der Waals surface area contributed by atoms with Crippen LogP contribution in [0.3, 0.4) is 0 Å². The van der Waals surface area contributed by atoms with Crippen molar-refractivity contribution >= 4 is 39.6 Å². The van der Waals surface area contributed by atoms with Gasteiger partial charge in [-0.15, -0.1) is 0 Å². The smallest absolute Gasteiger partial charge is 0.343 e. The SMILES string of the molecule is CNC(=O)C(C)(C(=O)O)c1ccc(OC(=O)c2ccc(NC(=N)N)cc2)cc1.CS(=O)(=O)O. The van der Waals surface area contributed by atoms with Gasteiger partial charge < -0.3 is 26.2 Å². The van der Waals surface area contributed by atoms with E-state index in [1.54, 1.807) is 12.1 Å². The van der Waals surface area contributed by atoms with Gasteiger partial charge in [0.1, 0.15) is 5.75 Å². The minimum atomic E-state index is -3.67. The Bertz CT molecular complexity index is 1120. The fourth-order valence-corrected chi connectivity index (χ4v) is 2.47. The van der Waals surface area contributed by atoms with Crippen LogP contribution in [-0.4, -0.2) is 55.2 Å². The lowest BCUT2D eigenvalue weighted by atomic mass is 9.81. The van der Waals surface area contributed by atoms with Crippen LogP contribution in [0, 0.1) is 5.41 Å². The summed E-state index contributed by atoms with van der Waals surface area (Å²) in [6.07, 6.45) is 0.715. The van der Waals surface area contributed by atoms with Crippen LogP contribution in [0.2, 0.25) is 0 Å². The second-order valence-electron chi connectivity index (χ2n) is 6.77. The van der Waals surface area contributed by atoms with E-state index in [1.807, 2.05) is 0 Å². The zero-order chi connectivity index (χ0) is 25.4. The molecule has 2 aromatic carbocycles. The molecule has 0 aromatic heterocycles. The molecule has 1 unspecified atom stereocenters. The predicted octanol–water partition coefficient (Wildman–Crippen LogP) is 0.803. The van der Waals surface area contributed by atoms with Crippen LogP contribution in [0.25, 0.3) is 0 Å². The quantitative estimate of drug-likeness (QED) is 0.0855. The Morgan fingerprint density at radius 2 is 1.55 bits per heavy atom. The number of likely N-dealkylation sites (N-methyl/N-ethyl adjacent to an activating group) is 1. The number of carbonyl (C=O) groups excluding carboxylic acids is 2. The van der Waals surface area contributed by atoms with Crippen molar-refractivity contribution in [2.24, 2.45) is 5.73 Å². The zero-order valence-corrected chi connectivity index (χ0v) is 18.8. The second-order valence-corrected chi connectivity index (χ2v) is 8.24. The lowest BCUT2D eigenvalue weighted by molar-refractivity contribution is -0.148. The van der Waals surface area contributed by atoms with Crippen LogP contribution in [0.4, 0.5) is 5.69 Å². The van der Waals surface area contributed by atoms with Gasteiger partial charge in [-0.05, 0) is 48.9 Å². The summed E-state index contributed by atoms with van der Waals surface area (Å²) < 4.78 is 31.1. The van der Waals surface area contributed by atoms with Crippen LogP contribution < -0.4 is 21.1 Å². The van der Waals surface area contributed by atoms with E-state index in [-0.39, 0.29) is 22.8 Å². The van der Waals surface area contributed by atoms with Crippen LogP contribution in [0.15, 0.2) is 48.5 Å². The maximum atomic E-state index is 12.2. The Morgan fingerprint density at radius 3 is 1.94 bits per heavy atom. The maximum Gasteiger partial charge on any atom is 0.343 e. The molecule has 0 saturated carbocycles. The van der Waals surface area contributed by atoms with E-state index in [0.29, 0.717) is 11.9 Å². The molecule has 13 heteroatoms. The first-order valence-electron chi connectivity index (χ1n) is 9.10. The van der Waals surface area contributed by atoms with Gasteiger partial charge in [-0.2, -0.15) is 8.42 Å². The number of carboxylic acids is 1. The number of carboxylic acid groups (broad SMARTS) is 1. The highest BCUT2D eigenvalue weighted by molar-refractivity contribution is 7.85. The van der Waals surface area contributed by atoms with E-state index in [0.717, 1.165) is 0 Å². The van der Waals surface area contributed by atoms with Gasteiger partial charge in [-0.25, -0.2) is 4.79 Å². The molecule has 0 aliphatic carbocycles. The van der Waals surface area contributed by atoms with Gasteiger partial charge in [0.25, 0.3) is 10.1 Å². The first-order chi connectivity index (χ1) is 15.2. The van der Waals surface area contributed by atoms with Gasteiger partial charge >= 0.3 is 11.9 Å². The minimum Gasteiger partial charge on any atom is -0.480 e. The normalized spacial score (nSPS) is 12.2. The number of carbonyl (C=O) groups is 3. The molecule has 2 rings (SSSR count). The largest absolute Gasteiger partial charge is 0.480 e. The van der Waals surface area contributed by atoms with Gasteiger partial charge in [0.15, 0.2) is 11.4 Å². The number of benzene rings is 2. The summed E-state index contributed by atoms with van der Waals surface area (Å²) in [5.41, 5.74) is 4.54. The summed E-state index contributed by atoms with van der Waals surface area (Å²) in [6.45, 7) is 1.30. The number of hydrogen-bond donors (Lipinski definition) is 6. The molecular weight excluding hydrogens is 456 g/mol. The number of anilines is 1. The average Bonchev–Trinajstić information content (AvgIpc) is 2.71. The molecule has 0 fully saturated rings. The molecule has 178 valence electrons. The van der Waals surface area contributed by atoms with Crippen molar-refractivity contribution in [1.29, 1.82) is 5.41 Å². The molecular formula is C20H24N4O8S. The molecule has 33 heavy (non-hydrogen) atoms. The summed E-state index contributed by atoms with van der Waals surface area (Å²) in [6, 6.07) is 11.8. The van der Waals surface area contributed by atoms with Crippen molar-refractivity contribution in [3.05, 3.63) is 59.7 Å². The Balaban J connectivity index is 0.000000981. The zero-order valence-electron chi connectivity index (χ0n) is 17.9. The van der Waals surface area contributed by atoms with E-state index in [9.17, 15) is 27.9 Å². The molecule has 0 aliphatic heterocycles. The highest BCUT2D eigenvalue weighted by Crippen LogP contribution is 2.27. The number of esters is 1. The molecule has 0 heterocycles. The van der Waals surface area contributed by atoms with Crippen molar-refractivity contribution in [3.63, 3.8) is 0 Å². The highest BCUT2D eigenvalue weighted by Gasteiger charge is 2.42. The van der Waals surface area contributed by atoms with Crippen LogP contribution in [0.5, 0.6) is 5.75 Å². The number of nitrogens with one attached hydrogen (secondary N) is 3. The summed E-state index contributed by atoms with van der Waals surface area (Å²) >= 11 is 0. The monoisotopic (exact) mass is 480 g/mol. The number of amides is 1. The number of guanidine groups is 1. The summed E-state index contributed by atoms with van der Waals surface area (Å²) in [7, 11) is -2.31. The predicted molar refractivity (Wildman–Crippen MR) is 120 cm³/mol. The van der Waals surface area contributed by atoms with E-state index in [4.69, 9.17) is 20.4 Å². The van der Waals surface area contributed by atoms with Crippen LogP contribution >= 0.6 is 0 Å². The number of hydrogen-bond acceptors (Lipinski definition) is 7. The van der Waals surface area contributed by atoms with Crippen molar-refractivity contribution < 1.29 is 37.2 Å². The lowest BCUT2D eigenvalue weighted by Crippen LogP contribution is -2.46. The molecule has 0 saturated heterocycles. The van der Waals surface area contributed by atoms with Crippen LogP contribution in [-0.2, 0) is 25.1 Å². The third-order valence-corrected chi connectivity index (χ3v) is 4.15. The van der Waals surface area contributed by atoms with Crippen molar-refractivity contribution in [3.8, 4) is 5.75 Å². The van der Waals surface area contributed by atoms with Crippen molar-refractivity contribution in [1.82, 2.24) is 5.32 Å². The fraction of sp³-hybridized carbons (Fsp3) is 0.200. The highest BCUT2D eigenvalue weighted by atomic mass is 32.2. The summed E-state index contributed by atoms with van der Waals surface area (Å²) in [4.78, 5) is 35.8. The maximum absolute atomic E-state index is 12.2.